The molecular weight excluding hydrogens is 501 g/mol. The molecule has 8 nitrogen and oxygen atoms in total. The lowest BCUT2D eigenvalue weighted by molar-refractivity contribution is -0.137. The van der Waals surface area contributed by atoms with Crippen LogP contribution in [0.4, 0.5) is 13.2 Å². The standard InChI is InChI=1S/C27H29F3N4O4/c28-27(29,30)18-5-3-4-17(14-18)25(36)31-13-12-24(35)32-19-15-33(16-19)20-8-10-21(11-9-20)34-26(37)22-6-1-2-7-23(22)38-34/h1-7,14,19-21H,8-13,15-16H2,(H,31,36)(H,32,35). The van der Waals surface area contributed by atoms with E-state index in [0.717, 1.165) is 50.9 Å². The van der Waals surface area contributed by atoms with Gasteiger partial charge in [0.05, 0.1) is 23.0 Å². The first-order valence-corrected chi connectivity index (χ1v) is 12.8. The fraction of sp³-hybridized carbons (Fsp3) is 0.444. The first-order chi connectivity index (χ1) is 18.2. The zero-order valence-electron chi connectivity index (χ0n) is 20.7. The van der Waals surface area contributed by atoms with Crippen LogP contribution in [0.3, 0.4) is 0 Å². The van der Waals surface area contributed by atoms with Crippen LogP contribution in [0.1, 0.15) is 54.1 Å². The van der Waals surface area contributed by atoms with E-state index in [1.54, 1.807) is 12.1 Å². The molecule has 38 heavy (non-hydrogen) atoms. The van der Waals surface area contributed by atoms with Crippen molar-refractivity contribution >= 4 is 22.8 Å². The highest BCUT2D eigenvalue weighted by atomic mass is 19.4. The summed E-state index contributed by atoms with van der Waals surface area (Å²) in [6.07, 6.45) is -0.904. The van der Waals surface area contributed by atoms with Crippen LogP contribution in [0.25, 0.3) is 11.0 Å². The molecule has 0 bridgehead atoms. The van der Waals surface area contributed by atoms with Crippen molar-refractivity contribution in [3.05, 3.63) is 70.0 Å². The summed E-state index contributed by atoms with van der Waals surface area (Å²) in [5.74, 6) is -0.869. The Hall–Kier alpha value is -3.60. The third kappa shape index (κ3) is 5.62. The summed E-state index contributed by atoms with van der Waals surface area (Å²) >= 11 is 0. The number of halogens is 3. The third-order valence-corrected chi connectivity index (χ3v) is 7.39. The molecule has 1 aromatic heterocycles. The maximum atomic E-state index is 12.8. The first kappa shape index (κ1) is 26.0. The Labute approximate surface area is 216 Å². The van der Waals surface area contributed by atoms with Gasteiger partial charge in [0.25, 0.3) is 11.5 Å². The molecule has 2 fully saturated rings. The summed E-state index contributed by atoms with van der Waals surface area (Å²) in [4.78, 5) is 39.4. The fourth-order valence-electron chi connectivity index (χ4n) is 5.32. The van der Waals surface area contributed by atoms with Crippen LogP contribution in [0.5, 0.6) is 0 Å². The Morgan fingerprint density at radius 1 is 0.974 bits per heavy atom. The zero-order valence-corrected chi connectivity index (χ0v) is 20.7. The van der Waals surface area contributed by atoms with Crippen molar-refractivity contribution in [3.8, 4) is 0 Å². The number of carbonyl (C=O) groups excluding carboxylic acids is 2. The predicted molar refractivity (Wildman–Crippen MR) is 134 cm³/mol. The van der Waals surface area contributed by atoms with Crippen molar-refractivity contribution in [2.24, 2.45) is 0 Å². The number of hydrogen-bond donors (Lipinski definition) is 2. The van der Waals surface area contributed by atoms with E-state index in [-0.39, 0.29) is 42.1 Å². The van der Waals surface area contributed by atoms with Gasteiger partial charge in [-0.25, -0.2) is 0 Å². The molecule has 5 rings (SSSR count). The number of alkyl halides is 3. The second kappa shape index (κ2) is 10.6. The van der Waals surface area contributed by atoms with Gasteiger partial charge in [-0.1, -0.05) is 18.2 Å². The minimum Gasteiger partial charge on any atom is -0.375 e. The van der Waals surface area contributed by atoms with E-state index in [4.69, 9.17) is 4.52 Å². The number of rotatable bonds is 7. The number of likely N-dealkylation sites (tertiary alicyclic amines) is 1. The highest BCUT2D eigenvalue weighted by molar-refractivity contribution is 5.94. The fourth-order valence-corrected chi connectivity index (χ4v) is 5.32. The molecular formula is C27H29F3N4O4. The summed E-state index contributed by atoms with van der Waals surface area (Å²) < 4.78 is 45.8. The van der Waals surface area contributed by atoms with Crippen LogP contribution in [-0.2, 0) is 11.0 Å². The van der Waals surface area contributed by atoms with Crippen molar-refractivity contribution in [1.29, 1.82) is 0 Å². The third-order valence-electron chi connectivity index (χ3n) is 7.39. The first-order valence-electron chi connectivity index (χ1n) is 12.8. The molecule has 2 N–H and O–H groups in total. The molecule has 3 aromatic rings. The normalized spacial score (nSPS) is 20.7. The molecule has 2 heterocycles. The molecule has 1 aliphatic carbocycles. The lowest BCUT2D eigenvalue weighted by atomic mass is 9.88. The number of hydrogen-bond acceptors (Lipinski definition) is 5. The summed E-state index contributed by atoms with van der Waals surface area (Å²) in [6, 6.07) is 11.9. The quantitative estimate of drug-likeness (QED) is 0.486. The predicted octanol–water partition coefficient (Wildman–Crippen LogP) is 3.72. The number of aromatic nitrogens is 1. The van der Waals surface area contributed by atoms with E-state index in [0.29, 0.717) is 17.0 Å². The molecule has 2 amide bonds. The molecule has 0 radical (unpaired) electrons. The maximum absolute atomic E-state index is 12.8. The van der Waals surface area contributed by atoms with Crippen molar-refractivity contribution in [2.75, 3.05) is 19.6 Å². The summed E-state index contributed by atoms with van der Waals surface area (Å²) in [6.45, 7) is 1.51. The highest BCUT2D eigenvalue weighted by Crippen LogP contribution is 2.33. The van der Waals surface area contributed by atoms with Gasteiger partial charge >= 0.3 is 6.18 Å². The number of amides is 2. The van der Waals surface area contributed by atoms with Crippen LogP contribution in [0.15, 0.2) is 57.8 Å². The number of para-hydroxylation sites is 1. The number of benzene rings is 2. The number of nitrogens with one attached hydrogen (secondary N) is 2. The Morgan fingerprint density at radius 2 is 1.68 bits per heavy atom. The van der Waals surface area contributed by atoms with Crippen molar-refractivity contribution in [2.45, 2.75) is 56.4 Å². The van der Waals surface area contributed by atoms with Crippen LogP contribution < -0.4 is 16.2 Å². The zero-order chi connectivity index (χ0) is 26.9. The van der Waals surface area contributed by atoms with Gasteiger partial charge in [-0.05, 0) is 56.0 Å². The second-order valence-corrected chi connectivity index (χ2v) is 9.98. The smallest absolute Gasteiger partial charge is 0.375 e. The number of nitrogens with zero attached hydrogens (tertiary/aromatic N) is 2. The average Bonchev–Trinajstić information content (AvgIpc) is 3.22. The minimum absolute atomic E-state index is 0.0254. The molecule has 11 heteroatoms. The van der Waals surface area contributed by atoms with Gasteiger partial charge < -0.3 is 15.2 Å². The monoisotopic (exact) mass is 530 g/mol. The van der Waals surface area contributed by atoms with Crippen LogP contribution in [0.2, 0.25) is 0 Å². The minimum atomic E-state index is -4.53. The Bertz CT molecular complexity index is 1370. The molecule has 1 aliphatic heterocycles. The van der Waals surface area contributed by atoms with Gasteiger partial charge in [-0.2, -0.15) is 17.9 Å². The van der Waals surface area contributed by atoms with E-state index in [9.17, 15) is 27.6 Å². The molecule has 0 unspecified atom stereocenters. The maximum Gasteiger partial charge on any atom is 0.416 e. The van der Waals surface area contributed by atoms with Crippen LogP contribution >= 0.6 is 0 Å². The van der Waals surface area contributed by atoms with Gasteiger partial charge in [0, 0.05) is 37.7 Å². The molecule has 0 atom stereocenters. The van der Waals surface area contributed by atoms with Crippen molar-refractivity contribution in [3.63, 3.8) is 0 Å². The van der Waals surface area contributed by atoms with Crippen molar-refractivity contribution in [1.82, 2.24) is 20.3 Å². The Balaban J connectivity index is 1.01. The highest BCUT2D eigenvalue weighted by Gasteiger charge is 2.36. The van der Waals surface area contributed by atoms with E-state index in [1.165, 1.54) is 16.9 Å². The molecule has 2 aliphatic rings. The van der Waals surface area contributed by atoms with Gasteiger partial charge in [0.15, 0.2) is 5.58 Å². The van der Waals surface area contributed by atoms with Gasteiger partial charge in [-0.3, -0.25) is 19.3 Å². The summed E-state index contributed by atoms with van der Waals surface area (Å²) in [5.41, 5.74) is -0.470. The molecule has 1 saturated carbocycles. The van der Waals surface area contributed by atoms with Crippen LogP contribution in [0, 0.1) is 0 Å². The molecule has 2 aromatic carbocycles. The number of fused-ring (bicyclic) bond motifs is 1. The lowest BCUT2D eigenvalue weighted by Crippen LogP contribution is -2.62. The van der Waals surface area contributed by atoms with Gasteiger partial charge in [-0.15, -0.1) is 0 Å². The van der Waals surface area contributed by atoms with Crippen molar-refractivity contribution < 1.29 is 27.3 Å². The van der Waals surface area contributed by atoms with E-state index >= 15 is 0 Å². The van der Waals surface area contributed by atoms with E-state index < -0.39 is 17.6 Å². The molecule has 202 valence electrons. The van der Waals surface area contributed by atoms with Gasteiger partial charge in [0.1, 0.15) is 0 Å². The second-order valence-electron chi connectivity index (χ2n) is 9.98. The summed E-state index contributed by atoms with van der Waals surface area (Å²) in [7, 11) is 0. The van der Waals surface area contributed by atoms with Crippen LogP contribution in [-0.4, -0.2) is 53.2 Å². The van der Waals surface area contributed by atoms with Gasteiger partial charge in [0.2, 0.25) is 5.91 Å². The summed E-state index contributed by atoms with van der Waals surface area (Å²) in [5, 5.41) is 6.05. The Kier molecular flexibility index (Phi) is 7.29. The largest absolute Gasteiger partial charge is 0.416 e. The van der Waals surface area contributed by atoms with E-state index in [2.05, 4.69) is 15.5 Å². The molecule has 0 spiro atoms. The Morgan fingerprint density at radius 3 is 2.39 bits per heavy atom. The SMILES string of the molecule is O=C(CCNC(=O)c1cccc(C(F)(F)F)c1)NC1CN(C2CCC(n3oc4ccccc4c3=O)CC2)C1. The number of carbonyl (C=O) groups is 2. The molecule has 1 saturated heterocycles. The topological polar surface area (TPSA) is 96.6 Å². The average molecular weight is 531 g/mol. The lowest BCUT2D eigenvalue weighted by Gasteiger charge is -2.46. The van der Waals surface area contributed by atoms with E-state index in [1.807, 2.05) is 12.1 Å².